The molecule has 3 aliphatic heterocycles. The average Bonchev–Trinajstić information content (AvgIpc) is 3.81. The van der Waals surface area contributed by atoms with E-state index in [0.717, 1.165) is 56.8 Å². The molecule has 71 heavy (non-hydrogen) atoms. The predicted molar refractivity (Wildman–Crippen MR) is 275 cm³/mol. The first-order valence-electron chi connectivity index (χ1n) is 24.3. The number of piperidine rings is 1. The summed E-state index contributed by atoms with van der Waals surface area (Å²) in [6.07, 6.45) is 8.06. The number of amides is 2. The molecule has 2 amide bonds. The van der Waals surface area contributed by atoms with Crippen molar-refractivity contribution < 1.29 is 29.0 Å². The number of pyridine rings is 2. The van der Waals surface area contributed by atoms with Gasteiger partial charge in [0.15, 0.2) is 5.82 Å². The van der Waals surface area contributed by atoms with E-state index in [-0.39, 0.29) is 35.1 Å². The van der Waals surface area contributed by atoms with Crippen molar-refractivity contribution in [3.8, 4) is 11.3 Å². The van der Waals surface area contributed by atoms with Gasteiger partial charge in [0.25, 0.3) is 11.5 Å². The number of carbonyl (C=O) groups excluding carboxylic acids is 2. The average molecular weight is 989 g/mol. The third-order valence-corrected chi connectivity index (χ3v) is 15.4. The summed E-state index contributed by atoms with van der Waals surface area (Å²) in [6, 6.07) is 15.5. The Bertz CT molecular complexity index is 3020. The molecule has 4 aliphatic rings. The fourth-order valence-corrected chi connectivity index (χ4v) is 12.0. The lowest BCUT2D eigenvalue weighted by molar-refractivity contribution is -0.111. The van der Waals surface area contributed by atoms with E-state index in [1.54, 1.807) is 56.4 Å². The van der Waals surface area contributed by atoms with Gasteiger partial charge in [-0.05, 0) is 113 Å². The maximum atomic E-state index is 14.1. The summed E-state index contributed by atoms with van der Waals surface area (Å²) in [5.74, 6) is 0.589. The summed E-state index contributed by atoms with van der Waals surface area (Å²) in [6.45, 7) is 19.6. The Morgan fingerprint density at radius 3 is 2.49 bits per heavy atom. The molecule has 376 valence electrons. The first-order valence-corrected chi connectivity index (χ1v) is 25.9. The highest BCUT2D eigenvalue weighted by Crippen LogP contribution is 2.41. The van der Waals surface area contributed by atoms with E-state index in [9.17, 15) is 33.8 Å². The van der Waals surface area contributed by atoms with Crippen molar-refractivity contribution >= 4 is 54.1 Å². The maximum absolute atomic E-state index is 14.1. The van der Waals surface area contributed by atoms with Gasteiger partial charge in [-0.1, -0.05) is 26.5 Å². The second-order valence-electron chi connectivity index (χ2n) is 20.8. The molecule has 6 N–H and O–H groups in total. The van der Waals surface area contributed by atoms with Gasteiger partial charge < -0.3 is 44.5 Å². The third-order valence-electron chi connectivity index (χ3n) is 14.5. The van der Waals surface area contributed by atoms with Crippen LogP contribution in [-0.4, -0.2) is 107 Å². The quantitative estimate of drug-likeness (QED) is 0.0618. The molecule has 19 nitrogen and oxygen atoms in total. The Morgan fingerprint density at radius 1 is 0.986 bits per heavy atom. The van der Waals surface area contributed by atoms with Crippen LogP contribution >= 0.6 is 7.75 Å². The van der Waals surface area contributed by atoms with Crippen LogP contribution in [0.1, 0.15) is 87.4 Å². The number of anilines is 6. The molecule has 2 fully saturated rings. The zero-order valence-corrected chi connectivity index (χ0v) is 42.4. The van der Waals surface area contributed by atoms with Gasteiger partial charge in [-0.3, -0.25) is 24.2 Å². The number of hydrogen-bond acceptors (Lipinski definition) is 12. The maximum Gasteiger partial charge on any atom is 0.401 e. The van der Waals surface area contributed by atoms with Crippen LogP contribution < -0.4 is 36.0 Å². The highest BCUT2D eigenvalue weighted by atomic mass is 31.2. The van der Waals surface area contributed by atoms with E-state index in [1.807, 2.05) is 30.3 Å². The number of aliphatic hydroxyl groups excluding tert-OH is 1. The van der Waals surface area contributed by atoms with Crippen LogP contribution in [-0.2, 0) is 47.9 Å². The summed E-state index contributed by atoms with van der Waals surface area (Å²) in [5, 5.41) is 19.4. The van der Waals surface area contributed by atoms with Gasteiger partial charge in [-0.15, -0.1) is 0 Å². The van der Waals surface area contributed by atoms with Gasteiger partial charge in [0.2, 0.25) is 5.91 Å². The van der Waals surface area contributed by atoms with Crippen LogP contribution in [0.5, 0.6) is 0 Å². The number of nitrogens with zero attached hydrogens (tertiary/aromatic N) is 9. The lowest BCUT2D eigenvalue weighted by Crippen LogP contribution is -2.58. The summed E-state index contributed by atoms with van der Waals surface area (Å²) in [4.78, 5) is 82.8. The van der Waals surface area contributed by atoms with Gasteiger partial charge in [-0.2, -0.15) is 0 Å². The molecule has 0 saturated carbocycles. The molecule has 0 bridgehead atoms. The molecule has 0 spiro atoms. The van der Waals surface area contributed by atoms with Gasteiger partial charge in [0.05, 0.1) is 34.9 Å². The monoisotopic (exact) mass is 988 g/mol. The standard InChI is InChI=1S/C51H65N12O7P/c1-9-45(65)54-38-25-34(13-14-40(38)60-20-19-59(28-32(60)3)35-16-18-61(31(2)23-35)44-12-10-11-43(56-44)51(6,7)57-71(68,69)70)53-46-49(67)58(8)29-39(55-46)36-15-17-52-47(37(36)30-64)63-22-21-62-41(48(63)66)24-33-26-50(4,5)27-42(33)62/h9-15,17,24-25,29,31-32,35,64H,1,16,18-23,26-28,30H2,2-8H3,(H,53,55)(H,54,65)(H3,57,68,69,70)/t31-,32+,35?/m1/s1. The van der Waals surface area contributed by atoms with Crippen molar-refractivity contribution in [2.24, 2.45) is 12.5 Å². The predicted octanol–water partition coefficient (Wildman–Crippen LogP) is 5.67. The van der Waals surface area contributed by atoms with Crippen molar-refractivity contribution in [3.63, 3.8) is 0 Å². The molecule has 0 radical (unpaired) electrons. The Kier molecular flexibility index (Phi) is 13.4. The highest BCUT2D eigenvalue weighted by molar-refractivity contribution is 7.49. The van der Waals surface area contributed by atoms with E-state index in [4.69, 9.17) is 9.97 Å². The van der Waals surface area contributed by atoms with E-state index < -0.39 is 25.5 Å². The van der Waals surface area contributed by atoms with Crippen molar-refractivity contribution in [1.29, 1.82) is 0 Å². The Hall–Kier alpha value is -6.21. The van der Waals surface area contributed by atoms with Crippen LogP contribution in [0, 0.1) is 5.41 Å². The summed E-state index contributed by atoms with van der Waals surface area (Å²) >= 11 is 0. The minimum Gasteiger partial charge on any atom is -0.392 e. The number of aliphatic hydroxyl groups is 1. The molecule has 20 heteroatoms. The summed E-state index contributed by atoms with van der Waals surface area (Å²) in [5.41, 5.74) is 5.52. The Balaban J connectivity index is 0.906. The zero-order valence-electron chi connectivity index (χ0n) is 41.5. The number of hydrogen-bond donors (Lipinski definition) is 6. The largest absolute Gasteiger partial charge is 0.401 e. The summed E-state index contributed by atoms with van der Waals surface area (Å²) in [7, 11) is -2.86. The molecular weight excluding hydrogens is 924 g/mol. The Morgan fingerprint density at radius 2 is 1.77 bits per heavy atom. The number of nitrogens with one attached hydrogen (secondary N) is 3. The van der Waals surface area contributed by atoms with Crippen LogP contribution in [0.15, 0.2) is 78.4 Å². The highest BCUT2D eigenvalue weighted by Gasteiger charge is 2.39. The van der Waals surface area contributed by atoms with Gasteiger partial charge in [0, 0.05) is 99.3 Å². The van der Waals surface area contributed by atoms with E-state index in [2.05, 4.69) is 74.2 Å². The van der Waals surface area contributed by atoms with Crippen LogP contribution in [0.3, 0.4) is 0 Å². The number of fused-ring (bicyclic) bond motifs is 3. The molecule has 7 heterocycles. The SMILES string of the molecule is C=CC(=O)Nc1cc(Nc2nc(-c3ccnc(N4CCn5c(cc6c5CC(C)(C)C6)C4=O)c3CO)cn(C)c2=O)ccc1N1CCN(C2CCN(c3cccc(C(C)(C)NP(=O)(O)O)n3)[C@H](C)C2)C[C@@H]1C. The smallest absolute Gasteiger partial charge is 0.392 e. The lowest BCUT2D eigenvalue weighted by Gasteiger charge is -2.48. The second-order valence-corrected chi connectivity index (χ2v) is 22.1. The van der Waals surface area contributed by atoms with Crippen LogP contribution in [0.4, 0.5) is 34.5 Å². The van der Waals surface area contributed by atoms with E-state index >= 15 is 0 Å². The lowest BCUT2D eigenvalue weighted by atomic mass is 9.90. The fraction of sp³-hybridized carbons (Fsp3) is 0.451. The normalized spacial score (nSPS) is 20.5. The van der Waals surface area contributed by atoms with Crippen LogP contribution in [0.2, 0.25) is 0 Å². The van der Waals surface area contributed by atoms with Crippen molar-refractivity contribution in [2.45, 2.75) is 104 Å². The van der Waals surface area contributed by atoms with E-state index in [0.29, 0.717) is 71.1 Å². The van der Waals surface area contributed by atoms with Gasteiger partial charge in [-0.25, -0.2) is 24.6 Å². The number of benzene rings is 1. The second kappa shape index (κ2) is 19.1. The number of carbonyl (C=O) groups is 2. The van der Waals surface area contributed by atoms with Gasteiger partial charge >= 0.3 is 7.75 Å². The molecule has 5 aromatic rings. The molecule has 1 aliphatic carbocycles. The van der Waals surface area contributed by atoms with Crippen molar-refractivity contribution in [2.75, 3.05) is 58.1 Å². The van der Waals surface area contributed by atoms with E-state index in [1.165, 1.54) is 21.9 Å². The molecule has 1 unspecified atom stereocenters. The minimum atomic E-state index is -4.49. The van der Waals surface area contributed by atoms with Crippen molar-refractivity contribution in [1.82, 2.24) is 34.1 Å². The van der Waals surface area contributed by atoms with Crippen LogP contribution in [0.25, 0.3) is 11.3 Å². The number of aryl methyl sites for hydroxylation is 1. The first kappa shape index (κ1) is 49.8. The Labute approximate surface area is 413 Å². The fourth-order valence-electron chi connectivity index (χ4n) is 11.2. The number of rotatable bonds is 13. The summed E-state index contributed by atoms with van der Waals surface area (Å²) < 4.78 is 15.3. The zero-order chi connectivity index (χ0) is 50.7. The molecule has 4 aromatic heterocycles. The first-order chi connectivity index (χ1) is 33.6. The number of aromatic nitrogens is 5. The molecule has 1 aromatic carbocycles. The number of piperazine rings is 1. The molecule has 9 rings (SSSR count). The molecule has 3 atom stereocenters. The van der Waals surface area contributed by atoms with Crippen molar-refractivity contribution in [3.05, 3.63) is 112 Å². The third kappa shape index (κ3) is 10.0. The molecule has 2 saturated heterocycles. The molecular formula is C51H65N12O7P. The minimum absolute atomic E-state index is 0.0248. The topological polar surface area (TPSA) is 227 Å². The van der Waals surface area contributed by atoms with Gasteiger partial charge in [0.1, 0.15) is 17.3 Å².